The minimum Gasteiger partial charge on any atom is -0.382 e. The summed E-state index contributed by atoms with van der Waals surface area (Å²) in [6.07, 6.45) is 10.9. The number of nitrogens with zero attached hydrogens (tertiary/aromatic N) is 1. The average molecular weight is 466 g/mol. The Morgan fingerprint density at radius 2 is 1.85 bits per heavy atom. The molecule has 5 atom stereocenters. The SMILES string of the molecule is C#CC(F)(F)[C@]1(O)CCC2C3CCC4=CC(=O)CCC4=C3C(c3ccc(N(C)C)cc3)C[C@@]21C. The summed E-state index contributed by atoms with van der Waals surface area (Å²) in [5, 5.41) is 11.5. The molecule has 4 aliphatic rings. The van der Waals surface area contributed by atoms with Crippen LogP contribution in [-0.4, -0.2) is 36.5 Å². The highest BCUT2D eigenvalue weighted by atomic mass is 19.3. The summed E-state index contributed by atoms with van der Waals surface area (Å²) < 4.78 is 30.2. The second-order valence-corrected chi connectivity index (χ2v) is 11.1. The van der Waals surface area contributed by atoms with Crippen LogP contribution >= 0.6 is 0 Å². The number of benzene rings is 1. The van der Waals surface area contributed by atoms with E-state index in [4.69, 9.17) is 6.42 Å². The van der Waals surface area contributed by atoms with Gasteiger partial charge in [-0.05, 0) is 91.2 Å². The lowest BCUT2D eigenvalue weighted by atomic mass is 9.50. The Balaban J connectivity index is 1.68. The van der Waals surface area contributed by atoms with E-state index in [0.717, 1.165) is 36.1 Å². The molecule has 2 saturated carbocycles. The quantitative estimate of drug-likeness (QED) is 0.587. The van der Waals surface area contributed by atoms with E-state index >= 15 is 8.78 Å². The van der Waals surface area contributed by atoms with E-state index < -0.39 is 16.9 Å². The van der Waals surface area contributed by atoms with Gasteiger partial charge in [-0.15, -0.1) is 6.42 Å². The van der Waals surface area contributed by atoms with E-state index in [9.17, 15) is 9.90 Å². The number of aliphatic hydroxyl groups is 1. The monoisotopic (exact) mass is 465 g/mol. The maximum atomic E-state index is 15.1. The lowest BCUT2D eigenvalue weighted by Gasteiger charge is -2.55. The molecule has 34 heavy (non-hydrogen) atoms. The van der Waals surface area contributed by atoms with Crippen LogP contribution < -0.4 is 4.90 Å². The summed E-state index contributed by atoms with van der Waals surface area (Å²) >= 11 is 0. The number of alkyl halides is 2. The third-order valence-electron chi connectivity index (χ3n) is 9.40. The van der Waals surface area contributed by atoms with Gasteiger partial charge in [-0.3, -0.25) is 4.79 Å². The van der Waals surface area contributed by atoms with Crippen molar-refractivity contribution >= 4 is 11.5 Å². The van der Waals surface area contributed by atoms with Crippen LogP contribution in [0, 0.1) is 29.6 Å². The van der Waals surface area contributed by atoms with Crippen molar-refractivity contribution < 1.29 is 18.7 Å². The van der Waals surface area contributed by atoms with Gasteiger partial charge in [0.25, 0.3) is 0 Å². The lowest BCUT2D eigenvalue weighted by molar-refractivity contribution is -0.209. The van der Waals surface area contributed by atoms with Crippen molar-refractivity contribution in [3.05, 3.63) is 52.6 Å². The van der Waals surface area contributed by atoms with Crippen molar-refractivity contribution in [2.75, 3.05) is 19.0 Å². The molecule has 0 heterocycles. The molecule has 1 aromatic rings. The normalized spacial score (nSPS) is 35.1. The number of allylic oxidation sites excluding steroid dienone is 4. The highest BCUT2D eigenvalue weighted by Crippen LogP contribution is 2.69. The molecule has 0 saturated heterocycles. The molecule has 0 radical (unpaired) electrons. The highest BCUT2D eigenvalue weighted by Gasteiger charge is 2.71. The zero-order valence-electron chi connectivity index (χ0n) is 20.2. The zero-order valence-corrected chi connectivity index (χ0v) is 20.2. The molecule has 3 nitrogen and oxygen atoms in total. The Morgan fingerprint density at radius 1 is 1.15 bits per heavy atom. The molecule has 0 bridgehead atoms. The molecule has 4 aliphatic carbocycles. The summed E-state index contributed by atoms with van der Waals surface area (Å²) in [5.41, 5.74) is 2.63. The predicted molar refractivity (Wildman–Crippen MR) is 130 cm³/mol. The predicted octanol–water partition coefficient (Wildman–Crippen LogP) is 5.65. The van der Waals surface area contributed by atoms with Gasteiger partial charge in [0.2, 0.25) is 0 Å². The van der Waals surface area contributed by atoms with Gasteiger partial charge in [-0.2, -0.15) is 8.78 Å². The van der Waals surface area contributed by atoms with Crippen molar-refractivity contribution in [1.82, 2.24) is 0 Å². The number of hydrogen-bond acceptors (Lipinski definition) is 3. The van der Waals surface area contributed by atoms with Gasteiger partial charge < -0.3 is 10.0 Å². The van der Waals surface area contributed by atoms with Gasteiger partial charge in [0.1, 0.15) is 5.60 Å². The third kappa shape index (κ3) is 3.14. The fourth-order valence-corrected chi connectivity index (χ4v) is 7.60. The number of fused-ring (bicyclic) bond motifs is 4. The fraction of sp³-hybridized carbons (Fsp3) is 0.552. The van der Waals surface area contributed by atoms with E-state index in [1.54, 1.807) is 12.0 Å². The van der Waals surface area contributed by atoms with Crippen molar-refractivity contribution in [2.24, 2.45) is 17.3 Å². The fourth-order valence-electron chi connectivity index (χ4n) is 7.60. The van der Waals surface area contributed by atoms with Gasteiger partial charge >= 0.3 is 5.92 Å². The van der Waals surface area contributed by atoms with Crippen molar-refractivity contribution in [3.63, 3.8) is 0 Å². The molecule has 1 N–H and O–H groups in total. The van der Waals surface area contributed by atoms with E-state index in [2.05, 4.69) is 24.3 Å². The smallest absolute Gasteiger partial charge is 0.336 e. The minimum atomic E-state index is -3.59. The van der Waals surface area contributed by atoms with Crippen LogP contribution in [0.1, 0.15) is 63.4 Å². The molecule has 0 aliphatic heterocycles. The molecule has 0 amide bonds. The van der Waals surface area contributed by atoms with Crippen LogP contribution in [0.3, 0.4) is 0 Å². The molecule has 180 valence electrons. The summed E-state index contributed by atoms with van der Waals surface area (Å²) in [7, 11) is 3.97. The number of halogens is 2. The minimum absolute atomic E-state index is 0.0119. The highest BCUT2D eigenvalue weighted by molar-refractivity contribution is 5.93. The van der Waals surface area contributed by atoms with Gasteiger partial charge in [0, 0.05) is 37.5 Å². The topological polar surface area (TPSA) is 40.5 Å². The van der Waals surface area contributed by atoms with E-state index in [1.165, 1.54) is 11.1 Å². The molecule has 2 fully saturated rings. The molecule has 1 aromatic carbocycles. The van der Waals surface area contributed by atoms with Crippen LogP contribution in [0.5, 0.6) is 0 Å². The maximum Gasteiger partial charge on any atom is 0.336 e. The standard InChI is InChI=1S/C29H33F2NO2/c1-5-29(30,31)28(34)15-14-25-23-12-8-19-16-21(33)11-13-22(19)26(23)24(17-27(25,28)2)18-6-9-20(10-7-18)32(3)4/h1,6-7,9-10,16,23-25,34H,8,11-15,17H2,2-4H3/t23?,24?,25?,27-,28-/m0/s1. The Labute approximate surface area is 200 Å². The average Bonchev–Trinajstić information content (AvgIpc) is 3.10. The van der Waals surface area contributed by atoms with E-state index in [0.29, 0.717) is 19.3 Å². The summed E-state index contributed by atoms with van der Waals surface area (Å²) in [6, 6.07) is 8.30. The molecule has 0 aromatic heterocycles. The number of carbonyl (C=O) groups is 1. The van der Waals surface area contributed by atoms with Crippen LogP contribution in [0.4, 0.5) is 14.5 Å². The molecule has 5 heteroatoms. The first kappa shape index (κ1) is 23.3. The van der Waals surface area contributed by atoms with Gasteiger partial charge in [0.15, 0.2) is 5.78 Å². The van der Waals surface area contributed by atoms with Gasteiger partial charge in [-0.1, -0.05) is 24.6 Å². The summed E-state index contributed by atoms with van der Waals surface area (Å²) in [5.74, 6) is -1.82. The summed E-state index contributed by atoms with van der Waals surface area (Å²) in [6.45, 7) is 1.84. The second-order valence-electron chi connectivity index (χ2n) is 11.1. The van der Waals surface area contributed by atoms with Crippen LogP contribution in [0.15, 0.2) is 47.1 Å². The Hall–Kier alpha value is -2.45. The van der Waals surface area contributed by atoms with Crippen LogP contribution in [0.2, 0.25) is 0 Å². The molecular weight excluding hydrogens is 432 g/mol. The summed E-state index contributed by atoms with van der Waals surface area (Å²) in [4.78, 5) is 14.2. The van der Waals surface area contributed by atoms with E-state index in [-0.39, 0.29) is 30.0 Å². The third-order valence-corrected chi connectivity index (χ3v) is 9.40. The number of ketones is 1. The Bertz CT molecular complexity index is 1130. The number of terminal acetylenes is 1. The first-order chi connectivity index (χ1) is 16.0. The van der Waals surface area contributed by atoms with Gasteiger partial charge in [-0.25, -0.2) is 0 Å². The second kappa shape index (κ2) is 7.78. The number of carbonyl (C=O) groups excluding carboxylic acids is 1. The molecule has 3 unspecified atom stereocenters. The molecule has 5 rings (SSSR count). The van der Waals surface area contributed by atoms with Crippen molar-refractivity contribution in [3.8, 4) is 12.3 Å². The van der Waals surface area contributed by atoms with E-state index in [1.807, 2.05) is 25.9 Å². The van der Waals surface area contributed by atoms with Gasteiger partial charge in [0.05, 0.1) is 0 Å². The Kier molecular flexibility index (Phi) is 5.33. The van der Waals surface area contributed by atoms with Crippen molar-refractivity contribution in [1.29, 1.82) is 0 Å². The number of hydrogen-bond donors (Lipinski definition) is 1. The zero-order chi connectivity index (χ0) is 24.5. The van der Waals surface area contributed by atoms with Crippen LogP contribution in [-0.2, 0) is 4.79 Å². The largest absolute Gasteiger partial charge is 0.382 e. The molecule has 0 spiro atoms. The lowest BCUT2D eigenvalue weighted by Crippen LogP contribution is -2.60. The number of rotatable bonds is 3. The Morgan fingerprint density at radius 3 is 2.50 bits per heavy atom. The first-order valence-corrected chi connectivity index (χ1v) is 12.3. The van der Waals surface area contributed by atoms with Crippen molar-refractivity contribution in [2.45, 2.75) is 69.3 Å². The molecular formula is C29H33F2NO2. The number of anilines is 1. The first-order valence-electron chi connectivity index (χ1n) is 12.3. The maximum absolute atomic E-state index is 15.1. The van der Waals surface area contributed by atoms with Crippen LogP contribution in [0.25, 0.3) is 0 Å².